The first-order chi connectivity index (χ1) is 27.6. The molecule has 1 aliphatic heterocycles. The van der Waals surface area contributed by atoms with Gasteiger partial charge in [0.05, 0.1) is 10.9 Å². The van der Waals surface area contributed by atoms with Crippen LogP contribution in [0, 0.1) is 35.5 Å². The lowest BCUT2D eigenvalue weighted by molar-refractivity contribution is 0.0233. The Bertz CT molecular complexity index is 2070. The summed E-state index contributed by atoms with van der Waals surface area (Å²) in [6.45, 7) is 11.3. The van der Waals surface area contributed by atoms with E-state index in [2.05, 4.69) is 97.9 Å². The number of aryl methyl sites for hydroxylation is 1. The van der Waals surface area contributed by atoms with E-state index in [0.29, 0.717) is 0 Å². The summed E-state index contributed by atoms with van der Waals surface area (Å²) < 4.78 is 9.39. The van der Waals surface area contributed by atoms with E-state index < -0.39 is 0 Å². The van der Waals surface area contributed by atoms with E-state index in [-0.39, 0.29) is 0 Å². The maximum absolute atomic E-state index is 6.86. The third-order valence-corrected chi connectivity index (χ3v) is 16.0. The van der Waals surface area contributed by atoms with Gasteiger partial charge in [-0.15, -0.1) is 0 Å². The predicted octanol–water partition coefficient (Wildman–Crippen LogP) is 14.9. The molecule has 56 heavy (non-hydrogen) atoms. The molecular formula is C53H72N2O. The van der Waals surface area contributed by atoms with Gasteiger partial charge in [0.2, 0.25) is 0 Å². The molecule has 2 saturated carbocycles. The second kappa shape index (κ2) is 17.1. The normalized spacial score (nSPS) is 29.4. The van der Waals surface area contributed by atoms with Gasteiger partial charge in [-0.25, -0.2) is 0 Å². The lowest BCUT2D eigenvalue weighted by atomic mass is 9.59. The number of hydrogen-bond donors (Lipinski definition) is 0. The Morgan fingerprint density at radius 1 is 0.786 bits per heavy atom. The summed E-state index contributed by atoms with van der Waals surface area (Å²) in [5, 5.41) is 3.87. The van der Waals surface area contributed by atoms with E-state index in [0.717, 1.165) is 84.4 Å². The molecule has 1 saturated heterocycles. The van der Waals surface area contributed by atoms with Crippen molar-refractivity contribution >= 4 is 44.6 Å². The van der Waals surface area contributed by atoms with Crippen LogP contribution in [0.25, 0.3) is 44.6 Å². The van der Waals surface area contributed by atoms with Crippen molar-refractivity contribution in [2.45, 2.75) is 168 Å². The highest BCUT2D eigenvalue weighted by atomic mass is 16.3. The molecule has 5 aliphatic rings. The number of unbranched alkanes of at least 4 members (excludes halogenated alkanes) is 4. The van der Waals surface area contributed by atoms with Crippen LogP contribution < -0.4 is 0 Å². The van der Waals surface area contributed by atoms with Gasteiger partial charge in [0.15, 0.2) is 0 Å². The minimum absolute atomic E-state index is 0.755. The van der Waals surface area contributed by atoms with Crippen LogP contribution in [0.1, 0.15) is 160 Å². The summed E-state index contributed by atoms with van der Waals surface area (Å²) in [5.41, 5.74) is 9.02. The summed E-state index contributed by atoms with van der Waals surface area (Å²) in [4.78, 5) is 3.16. The van der Waals surface area contributed by atoms with Gasteiger partial charge in [0.25, 0.3) is 0 Å². The van der Waals surface area contributed by atoms with Crippen molar-refractivity contribution in [2.75, 3.05) is 6.54 Å². The zero-order chi connectivity index (χ0) is 38.2. The topological polar surface area (TPSA) is 21.3 Å². The van der Waals surface area contributed by atoms with Gasteiger partial charge >= 0.3 is 0 Å². The van der Waals surface area contributed by atoms with E-state index in [9.17, 15) is 0 Å². The van der Waals surface area contributed by atoms with Crippen LogP contribution in [0.2, 0.25) is 0 Å². The van der Waals surface area contributed by atoms with Crippen LogP contribution in [0.4, 0.5) is 0 Å². The highest BCUT2D eigenvalue weighted by Gasteiger charge is 2.53. The molecule has 8 atom stereocenters. The third-order valence-electron chi connectivity index (χ3n) is 16.0. The number of fused-ring (bicyclic) bond motifs is 8. The second-order valence-corrected chi connectivity index (χ2v) is 19.2. The number of allylic oxidation sites excluding steroid dienone is 5. The Kier molecular flexibility index (Phi) is 11.7. The molecule has 3 nitrogen and oxygen atoms in total. The van der Waals surface area contributed by atoms with Crippen molar-refractivity contribution in [3.8, 4) is 0 Å². The number of benzene rings is 2. The Morgan fingerprint density at radius 3 is 2.48 bits per heavy atom. The molecule has 4 aliphatic carbocycles. The monoisotopic (exact) mass is 753 g/mol. The minimum atomic E-state index is 0.755. The number of nitrogens with zero attached hydrogens (tertiary/aromatic N) is 2. The molecule has 0 N–H and O–H groups in total. The summed E-state index contributed by atoms with van der Waals surface area (Å²) >= 11 is 0. The van der Waals surface area contributed by atoms with E-state index in [1.807, 2.05) is 0 Å². The molecule has 0 bridgehead atoms. The molecular weight excluding hydrogens is 681 g/mol. The van der Waals surface area contributed by atoms with E-state index in [1.165, 1.54) is 153 Å². The fraction of sp³-hybridized carbons (Fsp3) is 0.623. The number of likely N-dealkylation sites (tertiary alicyclic amines) is 1. The molecule has 9 rings (SSSR count). The molecule has 0 amide bonds. The van der Waals surface area contributed by atoms with Crippen LogP contribution in [0.5, 0.6) is 0 Å². The van der Waals surface area contributed by atoms with Gasteiger partial charge in [-0.3, -0.25) is 4.90 Å². The Balaban J connectivity index is 1.02. The fourth-order valence-electron chi connectivity index (χ4n) is 13.4. The van der Waals surface area contributed by atoms with Crippen LogP contribution in [0.15, 0.2) is 59.1 Å². The average Bonchev–Trinajstić information content (AvgIpc) is 3.87. The summed E-state index contributed by atoms with van der Waals surface area (Å²) in [6.07, 6.45) is 38.6. The first kappa shape index (κ1) is 38.5. The molecule has 2 aromatic carbocycles. The van der Waals surface area contributed by atoms with E-state index in [1.54, 1.807) is 0 Å². The molecule has 4 aromatic rings. The molecule has 0 spiro atoms. The SMILES string of the molecule is CCCCCCCN1C2C[C@@H](C3CCCCC3C)C(CC)CC2[C@@H](CCc2ccc3oc4c(ccc5c4c4c(n5C5=CCCC=C5)CCC=C4)c3c2)C1CCC. The molecule has 3 heterocycles. The third kappa shape index (κ3) is 7.09. The molecule has 3 heteroatoms. The van der Waals surface area contributed by atoms with Crippen molar-refractivity contribution in [3.63, 3.8) is 0 Å². The Hall–Kier alpha value is -3.04. The van der Waals surface area contributed by atoms with Crippen molar-refractivity contribution in [2.24, 2.45) is 35.5 Å². The highest BCUT2D eigenvalue weighted by Crippen LogP contribution is 2.54. The zero-order valence-electron chi connectivity index (χ0n) is 35.5. The van der Waals surface area contributed by atoms with Crippen molar-refractivity contribution in [3.05, 3.63) is 71.5 Å². The number of aromatic nitrogens is 1. The van der Waals surface area contributed by atoms with E-state index in [4.69, 9.17) is 4.42 Å². The summed E-state index contributed by atoms with van der Waals surface area (Å²) in [7, 11) is 0. The molecule has 0 radical (unpaired) electrons. The summed E-state index contributed by atoms with van der Waals surface area (Å²) in [6, 6.07) is 13.5. The van der Waals surface area contributed by atoms with Gasteiger partial charge in [-0.2, -0.15) is 0 Å². The van der Waals surface area contributed by atoms with Gasteiger partial charge in [0.1, 0.15) is 11.2 Å². The van der Waals surface area contributed by atoms with Gasteiger partial charge in [0, 0.05) is 39.8 Å². The first-order valence-corrected chi connectivity index (χ1v) is 23.9. The highest BCUT2D eigenvalue weighted by molar-refractivity contribution is 6.17. The molecule has 3 fully saturated rings. The first-order valence-electron chi connectivity index (χ1n) is 23.9. The largest absolute Gasteiger partial charge is 0.455 e. The summed E-state index contributed by atoms with van der Waals surface area (Å²) in [5.74, 6) is 5.42. The van der Waals surface area contributed by atoms with Gasteiger partial charge in [-0.05, 0) is 149 Å². The lowest BCUT2D eigenvalue weighted by Gasteiger charge is -2.48. The van der Waals surface area contributed by atoms with Crippen LogP contribution in [-0.4, -0.2) is 28.1 Å². The maximum Gasteiger partial charge on any atom is 0.145 e. The smallest absolute Gasteiger partial charge is 0.145 e. The fourth-order valence-corrected chi connectivity index (χ4v) is 13.4. The Morgan fingerprint density at radius 2 is 1.66 bits per heavy atom. The zero-order valence-corrected chi connectivity index (χ0v) is 35.5. The molecule has 6 unspecified atom stereocenters. The number of rotatable bonds is 14. The van der Waals surface area contributed by atoms with Crippen molar-refractivity contribution < 1.29 is 4.42 Å². The standard InChI is InChI=1S/C53H72N2O/c1-5-8-9-10-18-32-54-47(19-6-2)41(45-34-38(7-3)44(35-50(45)54)40-23-15-14-20-36(40)4)28-26-37-27-31-51-46(33-37)42-29-30-49-52(53(42)56-51)43-24-16-17-25-48(43)55(49)39-21-12-11-13-22-39/h12,16,21-22,24,27,29-31,33,36,38,40-41,44-45,47,50H,5-11,13-15,17-20,23,25-26,28,32,34-35H2,1-4H3/t36?,38?,40?,41-,44-,45?,47?,50?/m1/s1. The van der Waals surface area contributed by atoms with Gasteiger partial charge < -0.3 is 8.98 Å². The Labute approximate surface area is 339 Å². The van der Waals surface area contributed by atoms with Crippen LogP contribution in [-0.2, 0) is 12.8 Å². The predicted molar refractivity (Wildman–Crippen MR) is 240 cm³/mol. The van der Waals surface area contributed by atoms with Crippen molar-refractivity contribution in [1.29, 1.82) is 0 Å². The number of hydrogen-bond acceptors (Lipinski definition) is 2. The number of furan rings is 1. The maximum atomic E-state index is 6.86. The van der Waals surface area contributed by atoms with Crippen LogP contribution in [0.3, 0.4) is 0 Å². The molecule has 2 aromatic heterocycles. The average molecular weight is 753 g/mol. The van der Waals surface area contributed by atoms with Gasteiger partial charge in [-0.1, -0.05) is 116 Å². The van der Waals surface area contributed by atoms with E-state index >= 15 is 0 Å². The van der Waals surface area contributed by atoms with Crippen LogP contribution >= 0.6 is 0 Å². The second-order valence-electron chi connectivity index (χ2n) is 19.2. The minimum Gasteiger partial charge on any atom is -0.455 e. The quantitative estimate of drug-likeness (QED) is 0.120. The lowest BCUT2D eigenvalue weighted by Crippen LogP contribution is -2.46. The molecule has 300 valence electrons. The van der Waals surface area contributed by atoms with Crippen molar-refractivity contribution in [1.82, 2.24) is 9.47 Å².